The summed E-state index contributed by atoms with van der Waals surface area (Å²) in [5.41, 5.74) is 15.8. The van der Waals surface area contributed by atoms with Crippen molar-refractivity contribution in [2.75, 3.05) is 30.9 Å². The summed E-state index contributed by atoms with van der Waals surface area (Å²) in [6.45, 7) is 1.89. The number of carbonyl (C=O) groups excluding carboxylic acids is 1. The Morgan fingerprint density at radius 2 is 1.57 bits per heavy atom. The van der Waals surface area contributed by atoms with Gasteiger partial charge in [-0.05, 0) is 67.6 Å². The number of benzene rings is 2. The first-order valence-corrected chi connectivity index (χ1v) is 14.7. The Kier molecular flexibility index (Phi) is 10.3. The van der Waals surface area contributed by atoms with Gasteiger partial charge in [-0.3, -0.25) is 19.6 Å². The summed E-state index contributed by atoms with van der Waals surface area (Å²) in [6.07, 6.45) is 4.67. The number of carbonyl (C=O) groups is 1. The van der Waals surface area contributed by atoms with Crippen LogP contribution in [0.4, 0.5) is 26.1 Å². The lowest BCUT2D eigenvalue weighted by Crippen LogP contribution is -2.26. The zero-order valence-electron chi connectivity index (χ0n) is 26.6. The molecule has 6 aromatic rings. The van der Waals surface area contributed by atoms with E-state index in [1.54, 1.807) is 18.5 Å². The molecule has 2 aromatic carbocycles. The number of hydrogen-bond donors (Lipinski definition) is 3. The summed E-state index contributed by atoms with van der Waals surface area (Å²) in [4.78, 5) is 38.3. The molecule has 14 heteroatoms. The van der Waals surface area contributed by atoms with Gasteiger partial charge in [0, 0.05) is 41.6 Å². The molecule has 5 N–H and O–H groups in total. The number of nitrogens with one attached hydrogen (secondary N) is 1. The number of amides is 1. The van der Waals surface area contributed by atoms with Crippen LogP contribution in [0.5, 0.6) is 0 Å². The third-order valence-electron chi connectivity index (χ3n) is 7.37. The summed E-state index contributed by atoms with van der Waals surface area (Å²) in [5, 5.41) is 14.4. The van der Waals surface area contributed by atoms with Gasteiger partial charge in [0.1, 0.15) is 41.2 Å². The zero-order chi connectivity index (χ0) is 35.1. The average Bonchev–Trinajstić information content (AvgIpc) is 3.12. The maximum absolute atomic E-state index is 14.4. The Hall–Kier alpha value is -6.59. The number of nitrogens with two attached hydrogens (primary N) is 2. The molecule has 0 bridgehead atoms. The number of fused-ring (bicyclic) bond motifs is 1. The highest BCUT2D eigenvalue weighted by atomic mass is 19.1. The van der Waals surface area contributed by atoms with Crippen LogP contribution in [0, 0.1) is 23.0 Å². The summed E-state index contributed by atoms with van der Waals surface area (Å²) < 4.78 is 27.2. The fourth-order valence-electron chi connectivity index (χ4n) is 4.97. The molecule has 246 valence electrons. The number of hydroxylamine groups is 2. The second kappa shape index (κ2) is 14.9. The summed E-state index contributed by atoms with van der Waals surface area (Å²) >= 11 is 0. The quantitative estimate of drug-likeness (QED) is 0.136. The smallest absolute Gasteiger partial charge is 0.279 e. The van der Waals surface area contributed by atoms with Crippen LogP contribution >= 0.6 is 0 Å². The molecule has 6 rings (SSSR count). The van der Waals surface area contributed by atoms with Crippen molar-refractivity contribution in [2.24, 2.45) is 0 Å². The SMILES string of the molecule is CON(C)C(=O)c1cc(F)ccc1N.C[C@@H](Nc1ncnc(N)c1C#N)c1nc2ccc(F)cc2c(-c2ccccn2)c1-c1ccccn1. The lowest BCUT2D eigenvalue weighted by molar-refractivity contribution is -0.0756. The maximum Gasteiger partial charge on any atom is 0.279 e. The molecule has 0 radical (unpaired) electrons. The van der Waals surface area contributed by atoms with Gasteiger partial charge in [0.25, 0.3) is 5.91 Å². The molecule has 0 aliphatic rings. The van der Waals surface area contributed by atoms with E-state index >= 15 is 0 Å². The minimum atomic E-state index is -0.507. The van der Waals surface area contributed by atoms with Gasteiger partial charge in [-0.1, -0.05) is 12.1 Å². The predicted octanol–water partition coefficient (Wildman–Crippen LogP) is 5.96. The summed E-state index contributed by atoms with van der Waals surface area (Å²) in [6, 6.07) is 20.8. The third kappa shape index (κ3) is 7.37. The minimum Gasteiger partial charge on any atom is -0.398 e. The topological polar surface area (TPSA) is 182 Å². The van der Waals surface area contributed by atoms with Crippen molar-refractivity contribution in [3.8, 4) is 28.6 Å². The largest absolute Gasteiger partial charge is 0.398 e. The predicted molar refractivity (Wildman–Crippen MR) is 181 cm³/mol. The molecule has 12 nitrogen and oxygen atoms in total. The van der Waals surface area contributed by atoms with Gasteiger partial charge in [-0.15, -0.1) is 0 Å². The first kappa shape index (κ1) is 33.8. The Morgan fingerprint density at radius 3 is 2.20 bits per heavy atom. The molecule has 4 heterocycles. The molecule has 0 aliphatic carbocycles. The number of nitrogens with zero attached hydrogens (tertiary/aromatic N) is 7. The van der Waals surface area contributed by atoms with Crippen LogP contribution in [-0.4, -0.2) is 50.0 Å². The van der Waals surface area contributed by atoms with Crippen molar-refractivity contribution in [3.05, 3.63) is 120 Å². The number of rotatable bonds is 7. The van der Waals surface area contributed by atoms with Gasteiger partial charge in [-0.2, -0.15) is 5.26 Å². The first-order valence-electron chi connectivity index (χ1n) is 14.7. The van der Waals surface area contributed by atoms with E-state index in [0.29, 0.717) is 44.9 Å². The van der Waals surface area contributed by atoms with Crippen LogP contribution in [0.15, 0.2) is 91.5 Å². The van der Waals surface area contributed by atoms with E-state index in [1.807, 2.05) is 49.4 Å². The Labute approximate surface area is 280 Å². The fourth-order valence-corrected chi connectivity index (χ4v) is 4.97. The van der Waals surface area contributed by atoms with Gasteiger partial charge < -0.3 is 16.8 Å². The van der Waals surface area contributed by atoms with Crippen LogP contribution in [0.2, 0.25) is 0 Å². The second-order valence-electron chi connectivity index (χ2n) is 10.5. The highest BCUT2D eigenvalue weighted by molar-refractivity contribution is 6.02. The summed E-state index contributed by atoms with van der Waals surface area (Å²) in [7, 11) is 2.76. The molecule has 4 aromatic heterocycles. The molecular formula is C35H30F2N10O2. The van der Waals surface area contributed by atoms with E-state index in [2.05, 4.69) is 30.1 Å². The molecule has 0 fully saturated rings. The standard InChI is InChI=1S/C26H19FN8.C9H11FN2O2/c1-15(34-26-18(13-28)25(29)32-14-33-26)24-23(21-7-3-5-11-31-21)22(20-6-2-4-10-30-20)17-12-16(27)8-9-19(17)35-24;1-12(14-2)9(13)7-5-6(10)3-4-8(7)11/h2-12,14-15H,1H3,(H3,29,32,33,34);3-5H,11H2,1-2H3/t15-;/m1./s1. The van der Waals surface area contributed by atoms with Crippen molar-refractivity contribution in [3.63, 3.8) is 0 Å². The number of nitriles is 1. The van der Waals surface area contributed by atoms with E-state index in [4.69, 9.17) is 16.5 Å². The third-order valence-corrected chi connectivity index (χ3v) is 7.37. The molecular weight excluding hydrogens is 630 g/mol. The molecule has 0 saturated carbocycles. The maximum atomic E-state index is 14.4. The number of pyridine rings is 3. The molecule has 49 heavy (non-hydrogen) atoms. The van der Waals surface area contributed by atoms with Crippen molar-refractivity contribution in [1.29, 1.82) is 5.26 Å². The number of hydrogen-bond acceptors (Lipinski definition) is 11. The van der Waals surface area contributed by atoms with Crippen LogP contribution in [0.3, 0.4) is 0 Å². The van der Waals surface area contributed by atoms with E-state index in [1.165, 1.54) is 44.8 Å². The Morgan fingerprint density at radius 1 is 0.918 bits per heavy atom. The molecule has 0 unspecified atom stereocenters. The van der Waals surface area contributed by atoms with Gasteiger partial charge >= 0.3 is 0 Å². The first-order chi connectivity index (χ1) is 23.6. The Balaban J connectivity index is 0.000000281. The zero-order valence-corrected chi connectivity index (χ0v) is 26.6. The minimum absolute atomic E-state index is 0.0817. The number of aromatic nitrogens is 5. The van der Waals surface area contributed by atoms with Crippen LogP contribution in [0.1, 0.15) is 34.6 Å². The number of halogens is 2. The number of nitrogen functional groups attached to an aromatic ring is 2. The van der Waals surface area contributed by atoms with E-state index in [0.717, 1.165) is 11.1 Å². The van der Waals surface area contributed by atoms with Crippen molar-refractivity contribution in [1.82, 2.24) is 30.0 Å². The molecule has 0 aliphatic heterocycles. The van der Waals surface area contributed by atoms with Crippen LogP contribution < -0.4 is 16.8 Å². The van der Waals surface area contributed by atoms with Crippen molar-refractivity contribution < 1.29 is 18.4 Å². The van der Waals surface area contributed by atoms with Crippen LogP contribution in [0.25, 0.3) is 33.4 Å². The molecule has 0 spiro atoms. The van der Waals surface area contributed by atoms with E-state index in [-0.39, 0.29) is 28.4 Å². The van der Waals surface area contributed by atoms with E-state index in [9.17, 15) is 18.8 Å². The van der Waals surface area contributed by atoms with Crippen LogP contribution in [-0.2, 0) is 4.84 Å². The molecule has 1 amide bonds. The van der Waals surface area contributed by atoms with Gasteiger partial charge in [-0.25, -0.2) is 28.8 Å². The highest BCUT2D eigenvalue weighted by Crippen LogP contribution is 2.41. The van der Waals surface area contributed by atoms with Gasteiger partial charge in [0.05, 0.1) is 41.3 Å². The lowest BCUT2D eigenvalue weighted by atomic mass is 9.92. The normalized spacial score (nSPS) is 11.2. The molecule has 1 atom stereocenters. The second-order valence-corrected chi connectivity index (χ2v) is 10.5. The highest BCUT2D eigenvalue weighted by Gasteiger charge is 2.25. The van der Waals surface area contributed by atoms with Gasteiger partial charge in [0.15, 0.2) is 0 Å². The molecule has 0 saturated heterocycles. The number of anilines is 3. The monoisotopic (exact) mass is 660 g/mol. The van der Waals surface area contributed by atoms with Crippen molar-refractivity contribution in [2.45, 2.75) is 13.0 Å². The van der Waals surface area contributed by atoms with E-state index < -0.39 is 17.8 Å². The summed E-state index contributed by atoms with van der Waals surface area (Å²) in [5.74, 6) is -0.993. The van der Waals surface area contributed by atoms with Gasteiger partial charge in [0.2, 0.25) is 0 Å². The average molecular weight is 661 g/mol. The van der Waals surface area contributed by atoms with Crippen molar-refractivity contribution >= 4 is 34.1 Å². The lowest BCUT2D eigenvalue weighted by Gasteiger charge is -2.22. The Bertz CT molecular complexity index is 2160. The fraction of sp³-hybridized carbons (Fsp3) is 0.114.